The van der Waals surface area contributed by atoms with Crippen molar-refractivity contribution >= 4 is 28.6 Å². The molecule has 1 amide bonds. The number of anilines is 2. The standard InChI is InChI=1S/C18H12F3N7O.C8H12N2/c19-18(20,21)11-5-6-23-12(7-11)26-17(29)10-3-1-9(2-4-10)14-13-15(22)24-8-25-16(13)28-27-14;1-10-6-7-4-2-3-5-8(7)9-10/h1-8H,(H,23,26,29)(H3,22,24,25,27,28);6H,2-5H2,1H3. The van der Waals surface area contributed by atoms with Gasteiger partial charge in [-0.2, -0.15) is 23.4 Å². The van der Waals surface area contributed by atoms with Crippen molar-refractivity contribution in [1.29, 1.82) is 0 Å². The minimum absolute atomic E-state index is 0.196. The number of nitrogens with zero attached hydrogens (tertiary/aromatic N) is 6. The molecule has 0 saturated carbocycles. The summed E-state index contributed by atoms with van der Waals surface area (Å²) >= 11 is 0. The second-order valence-corrected chi connectivity index (χ2v) is 9.00. The smallest absolute Gasteiger partial charge is 0.383 e. The van der Waals surface area contributed by atoms with Gasteiger partial charge in [-0.1, -0.05) is 12.1 Å². The third-order valence-corrected chi connectivity index (χ3v) is 6.25. The zero-order chi connectivity index (χ0) is 27.6. The first-order valence-corrected chi connectivity index (χ1v) is 12.1. The number of nitrogen functional groups attached to an aromatic ring is 1. The van der Waals surface area contributed by atoms with E-state index in [9.17, 15) is 18.0 Å². The fraction of sp³-hybridized carbons (Fsp3) is 0.231. The summed E-state index contributed by atoms with van der Waals surface area (Å²) in [5.74, 6) is -0.532. The van der Waals surface area contributed by atoms with Gasteiger partial charge in [0.05, 0.1) is 22.3 Å². The quantitative estimate of drug-likeness (QED) is 0.307. The van der Waals surface area contributed by atoms with Gasteiger partial charge in [-0.15, -0.1) is 0 Å². The lowest BCUT2D eigenvalue weighted by atomic mass is 9.99. The van der Waals surface area contributed by atoms with Crippen LogP contribution in [0.2, 0.25) is 0 Å². The molecule has 1 aliphatic rings. The van der Waals surface area contributed by atoms with Crippen LogP contribution < -0.4 is 11.1 Å². The predicted molar refractivity (Wildman–Crippen MR) is 139 cm³/mol. The number of nitrogens with one attached hydrogen (secondary N) is 2. The van der Waals surface area contributed by atoms with E-state index in [1.165, 1.54) is 55.4 Å². The second-order valence-electron chi connectivity index (χ2n) is 9.00. The van der Waals surface area contributed by atoms with E-state index in [2.05, 4.69) is 41.8 Å². The van der Waals surface area contributed by atoms with Crippen molar-refractivity contribution in [1.82, 2.24) is 34.9 Å². The van der Waals surface area contributed by atoms with E-state index in [1.807, 2.05) is 11.7 Å². The number of rotatable bonds is 3. The predicted octanol–water partition coefficient (Wildman–Crippen LogP) is 4.57. The molecule has 1 aliphatic carbocycles. The Morgan fingerprint density at radius 3 is 2.59 bits per heavy atom. The van der Waals surface area contributed by atoms with E-state index >= 15 is 0 Å². The van der Waals surface area contributed by atoms with Crippen LogP contribution in [0.15, 0.2) is 55.1 Å². The molecule has 13 heteroatoms. The van der Waals surface area contributed by atoms with Crippen LogP contribution >= 0.6 is 0 Å². The topological polar surface area (TPSA) is 140 Å². The number of H-pyrrole nitrogens is 1. The van der Waals surface area contributed by atoms with Gasteiger partial charge in [0.15, 0.2) is 5.65 Å². The third kappa shape index (κ3) is 5.71. The van der Waals surface area contributed by atoms with Crippen LogP contribution in [0.5, 0.6) is 0 Å². The van der Waals surface area contributed by atoms with Crippen LogP contribution in [0, 0.1) is 0 Å². The highest BCUT2D eigenvalue weighted by atomic mass is 19.4. The van der Waals surface area contributed by atoms with Crippen molar-refractivity contribution < 1.29 is 18.0 Å². The van der Waals surface area contributed by atoms with Gasteiger partial charge in [0.2, 0.25) is 0 Å². The van der Waals surface area contributed by atoms with E-state index < -0.39 is 17.6 Å². The van der Waals surface area contributed by atoms with Crippen molar-refractivity contribution in [2.45, 2.75) is 31.9 Å². The molecule has 0 bridgehead atoms. The highest BCUT2D eigenvalue weighted by Crippen LogP contribution is 2.30. The highest BCUT2D eigenvalue weighted by molar-refractivity contribution is 6.04. The van der Waals surface area contributed by atoms with E-state index in [-0.39, 0.29) is 17.2 Å². The molecular formula is C26H24F3N9O. The Morgan fingerprint density at radius 2 is 1.85 bits per heavy atom. The fourth-order valence-electron chi connectivity index (χ4n) is 4.35. The van der Waals surface area contributed by atoms with Gasteiger partial charge >= 0.3 is 6.18 Å². The zero-order valence-electron chi connectivity index (χ0n) is 20.8. The van der Waals surface area contributed by atoms with Gasteiger partial charge in [0.1, 0.15) is 18.0 Å². The Bertz CT molecular complexity index is 1600. The first-order valence-electron chi connectivity index (χ1n) is 12.1. The Morgan fingerprint density at radius 1 is 1.08 bits per heavy atom. The van der Waals surface area contributed by atoms with E-state index in [1.54, 1.807) is 12.1 Å². The summed E-state index contributed by atoms with van der Waals surface area (Å²) in [7, 11) is 2.00. The monoisotopic (exact) mass is 535 g/mol. The van der Waals surface area contributed by atoms with Crippen LogP contribution in [0.25, 0.3) is 22.3 Å². The summed E-state index contributed by atoms with van der Waals surface area (Å²) in [5, 5.41) is 14.2. The highest BCUT2D eigenvalue weighted by Gasteiger charge is 2.30. The van der Waals surface area contributed by atoms with Crippen LogP contribution in [0.1, 0.15) is 40.0 Å². The SMILES string of the molecule is Cn1cc2c(n1)CCCC2.Nc1ncnc2n[nH]c(-c3ccc(C(=O)Nc4cc(C(F)(F)F)ccn4)cc3)c12. The Kier molecular flexibility index (Phi) is 6.96. The molecule has 0 fully saturated rings. The summed E-state index contributed by atoms with van der Waals surface area (Å²) < 4.78 is 40.3. The van der Waals surface area contributed by atoms with E-state index in [4.69, 9.17) is 5.73 Å². The lowest BCUT2D eigenvalue weighted by molar-refractivity contribution is -0.137. The molecule has 0 radical (unpaired) electrons. The summed E-state index contributed by atoms with van der Waals surface area (Å²) in [6, 6.07) is 7.93. The summed E-state index contributed by atoms with van der Waals surface area (Å²) in [4.78, 5) is 24.1. The van der Waals surface area contributed by atoms with Crippen LogP contribution in [0.3, 0.4) is 0 Å². The molecule has 0 spiro atoms. The molecule has 0 atom stereocenters. The first kappa shape index (κ1) is 25.8. The number of aryl methyl sites for hydroxylation is 3. The van der Waals surface area contributed by atoms with Gasteiger partial charge in [-0.3, -0.25) is 14.6 Å². The Balaban J connectivity index is 0.000000257. The van der Waals surface area contributed by atoms with Crippen molar-refractivity contribution in [3.63, 3.8) is 0 Å². The summed E-state index contributed by atoms with van der Waals surface area (Å²) in [6.07, 6.45) is 5.01. The maximum Gasteiger partial charge on any atom is 0.416 e. The van der Waals surface area contributed by atoms with E-state index in [0.29, 0.717) is 22.3 Å². The number of benzene rings is 1. The normalized spacial score (nSPS) is 12.9. The molecule has 1 aromatic carbocycles. The van der Waals surface area contributed by atoms with Crippen LogP contribution in [0.4, 0.5) is 24.8 Å². The van der Waals surface area contributed by atoms with Gasteiger partial charge < -0.3 is 11.1 Å². The molecular weight excluding hydrogens is 511 g/mol. The van der Waals surface area contributed by atoms with Crippen LogP contribution in [-0.4, -0.2) is 40.8 Å². The van der Waals surface area contributed by atoms with Crippen molar-refractivity contribution in [3.8, 4) is 11.3 Å². The molecule has 0 unspecified atom stereocenters. The molecule has 5 aromatic rings. The number of hydrogen-bond donors (Lipinski definition) is 3. The molecule has 10 nitrogen and oxygen atoms in total. The number of carbonyl (C=O) groups is 1. The van der Waals surface area contributed by atoms with Crippen molar-refractivity contribution in [2.24, 2.45) is 7.05 Å². The maximum absolute atomic E-state index is 12.8. The van der Waals surface area contributed by atoms with Gasteiger partial charge in [0, 0.05) is 30.6 Å². The number of halogens is 3. The minimum atomic E-state index is -4.53. The minimum Gasteiger partial charge on any atom is -0.383 e. The summed E-state index contributed by atoms with van der Waals surface area (Å²) in [6.45, 7) is 0. The number of hydrogen-bond acceptors (Lipinski definition) is 7. The number of aromatic nitrogens is 7. The lowest BCUT2D eigenvalue weighted by Gasteiger charge is -2.09. The number of fused-ring (bicyclic) bond motifs is 2. The Hall–Kier alpha value is -4.81. The first-order chi connectivity index (χ1) is 18.7. The lowest BCUT2D eigenvalue weighted by Crippen LogP contribution is -2.14. The van der Waals surface area contributed by atoms with Gasteiger partial charge in [0.25, 0.3) is 5.91 Å². The fourth-order valence-corrected chi connectivity index (χ4v) is 4.35. The number of pyridine rings is 1. The largest absolute Gasteiger partial charge is 0.416 e. The molecule has 0 aliphatic heterocycles. The number of amides is 1. The van der Waals surface area contributed by atoms with Gasteiger partial charge in [-0.25, -0.2) is 15.0 Å². The molecule has 200 valence electrons. The van der Waals surface area contributed by atoms with Crippen molar-refractivity contribution in [2.75, 3.05) is 11.1 Å². The maximum atomic E-state index is 12.8. The number of alkyl halides is 3. The molecule has 4 heterocycles. The van der Waals surface area contributed by atoms with Crippen LogP contribution in [-0.2, 0) is 26.1 Å². The molecule has 0 saturated heterocycles. The number of carbonyl (C=O) groups excluding carboxylic acids is 1. The zero-order valence-corrected chi connectivity index (χ0v) is 20.8. The molecule has 39 heavy (non-hydrogen) atoms. The average Bonchev–Trinajstić information content (AvgIpc) is 3.52. The molecule has 4 N–H and O–H groups in total. The van der Waals surface area contributed by atoms with E-state index in [0.717, 1.165) is 18.3 Å². The number of nitrogens with two attached hydrogens (primary N) is 1. The third-order valence-electron chi connectivity index (χ3n) is 6.25. The molecule has 4 aromatic heterocycles. The van der Waals surface area contributed by atoms with Gasteiger partial charge in [-0.05, 0) is 55.5 Å². The number of aromatic amines is 1. The van der Waals surface area contributed by atoms with Crippen molar-refractivity contribution in [3.05, 3.63) is 77.5 Å². The molecule has 6 rings (SSSR count). The average molecular weight is 536 g/mol. The Labute approximate surface area is 220 Å². The summed E-state index contributed by atoms with van der Waals surface area (Å²) in [5.41, 5.74) is 9.69. The second kappa shape index (κ2) is 10.5.